The molecule has 0 aliphatic heterocycles. The van der Waals surface area contributed by atoms with Crippen molar-refractivity contribution in [1.82, 2.24) is 4.90 Å². The predicted molar refractivity (Wildman–Crippen MR) is 90.8 cm³/mol. The smallest absolute Gasteiger partial charge is 0.420 e. The van der Waals surface area contributed by atoms with E-state index in [4.69, 9.17) is 14.2 Å². The Bertz CT molecular complexity index is 593. The predicted octanol–water partition coefficient (Wildman–Crippen LogP) is 3.51. The number of benzene rings is 1. The van der Waals surface area contributed by atoms with Crippen LogP contribution in [-0.4, -0.2) is 41.3 Å². The Hall–Kier alpha value is -2.57. The van der Waals surface area contributed by atoms with E-state index in [1.165, 1.54) is 6.92 Å². The largest absolute Gasteiger partial charge is 0.464 e. The maximum absolute atomic E-state index is 12.4. The fourth-order valence-electron chi connectivity index (χ4n) is 1.86. The van der Waals surface area contributed by atoms with Gasteiger partial charge in [0.2, 0.25) is 0 Å². The van der Waals surface area contributed by atoms with Gasteiger partial charge in [0.1, 0.15) is 18.2 Å². The second-order valence-electron chi connectivity index (χ2n) is 6.32. The molecule has 0 bridgehead atoms. The third-order valence-corrected chi connectivity index (χ3v) is 3.01. The van der Waals surface area contributed by atoms with Crippen LogP contribution in [0.2, 0.25) is 0 Å². The molecule has 0 aliphatic carbocycles. The van der Waals surface area contributed by atoms with Gasteiger partial charge in [-0.2, -0.15) is 4.90 Å². The van der Waals surface area contributed by atoms with Crippen LogP contribution in [0.25, 0.3) is 0 Å². The first kappa shape index (κ1) is 20.5. The summed E-state index contributed by atoms with van der Waals surface area (Å²) in [6.07, 6.45) is -1.94. The average molecular weight is 351 g/mol. The van der Waals surface area contributed by atoms with Crippen molar-refractivity contribution < 1.29 is 28.6 Å². The molecule has 0 saturated carbocycles. The minimum Gasteiger partial charge on any atom is -0.464 e. The number of esters is 1. The first-order chi connectivity index (χ1) is 11.7. The molecule has 7 nitrogen and oxygen atoms in total. The van der Waals surface area contributed by atoms with Crippen molar-refractivity contribution in [2.75, 3.05) is 6.61 Å². The molecule has 0 N–H and O–H groups in total. The summed E-state index contributed by atoms with van der Waals surface area (Å²) in [6.45, 7) is 8.09. The number of carbonyl (C=O) groups excluding carboxylic acids is 3. The van der Waals surface area contributed by atoms with Gasteiger partial charge in [0.25, 0.3) is 0 Å². The highest BCUT2D eigenvalue weighted by Crippen LogP contribution is 2.15. The summed E-state index contributed by atoms with van der Waals surface area (Å²) < 4.78 is 15.2. The molecule has 0 unspecified atom stereocenters. The summed E-state index contributed by atoms with van der Waals surface area (Å²) in [6, 6.07) is 7.82. The van der Waals surface area contributed by atoms with Gasteiger partial charge >= 0.3 is 18.2 Å². The van der Waals surface area contributed by atoms with Crippen molar-refractivity contribution in [1.29, 1.82) is 0 Å². The highest BCUT2D eigenvalue weighted by atomic mass is 16.6. The van der Waals surface area contributed by atoms with Gasteiger partial charge in [0.15, 0.2) is 0 Å². The van der Waals surface area contributed by atoms with Crippen LogP contribution in [0.15, 0.2) is 30.3 Å². The Kier molecular flexibility index (Phi) is 7.42. The van der Waals surface area contributed by atoms with E-state index in [1.807, 2.05) is 6.07 Å². The first-order valence-electron chi connectivity index (χ1n) is 8.05. The third-order valence-electron chi connectivity index (χ3n) is 3.01. The van der Waals surface area contributed by atoms with Crippen molar-refractivity contribution in [3.63, 3.8) is 0 Å². The van der Waals surface area contributed by atoms with E-state index in [1.54, 1.807) is 52.0 Å². The van der Waals surface area contributed by atoms with Crippen molar-refractivity contribution in [2.24, 2.45) is 0 Å². The molecule has 0 saturated heterocycles. The number of rotatable bonds is 5. The zero-order chi connectivity index (χ0) is 19.0. The zero-order valence-corrected chi connectivity index (χ0v) is 15.3. The van der Waals surface area contributed by atoms with Gasteiger partial charge in [-0.3, -0.25) is 0 Å². The van der Waals surface area contributed by atoms with E-state index in [0.717, 1.165) is 5.56 Å². The number of hydrogen-bond acceptors (Lipinski definition) is 6. The Morgan fingerprint density at radius 2 is 1.64 bits per heavy atom. The molecule has 1 aromatic carbocycles. The SMILES string of the molecule is CCOC(=O)[C@@H](C)N(C(=O)OCc1ccccc1)C(=O)OC(C)(C)C. The monoisotopic (exact) mass is 351 g/mol. The van der Waals surface area contributed by atoms with Crippen LogP contribution >= 0.6 is 0 Å². The van der Waals surface area contributed by atoms with E-state index in [9.17, 15) is 14.4 Å². The number of ether oxygens (including phenoxy) is 3. The maximum Gasteiger partial charge on any atom is 0.420 e. The van der Waals surface area contributed by atoms with Crippen LogP contribution in [0.1, 0.15) is 40.2 Å². The summed E-state index contributed by atoms with van der Waals surface area (Å²) in [7, 11) is 0. The fraction of sp³-hybridized carbons (Fsp3) is 0.500. The Morgan fingerprint density at radius 3 is 2.16 bits per heavy atom. The molecule has 0 heterocycles. The van der Waals surface area contributed by atoms with E-state index in [0.29, 0.717) is 4.90 Å². The van der Waals surface area contributed by atoms with E-state index >= 15 is 0 Å². The van der Waals surface area contributed by atoms with Crippen LogP contribution in [0.4, 0.5) is 9.59 Å². The lowest BCUT2D eigenvalue weighted by molar-refractivity contribution is -0.148. The number of hydrogen-bond donors (Lipinski definition) is 0. The van der Waals surface area contributed by atoms with Crippen LogP contribution in [0, 0.1) is 0 Å². The molecule has 2 amide bonds. The molecule has 0 aromatic heterocycles. The van der Waals surface area contributed by atoms with Gasteiger partial charge in [-0.05, 0) is 40.2 Å². The average Bonchev–Trinajstić information content (AvgIpc) is 2.52. The maximum atomic E-state index is 12.4. The molecule has 138 valence electrons. The van der Waals surface area contributed by atoms with Crippen LogP contribution in [0.3, 0.4) is 0 Å². The zero-order valence-electron chi connectivity index (χ0n) is 15.3. The Morgan fingerprint density at radius 1 is 1.04 bits per heavy atom. The highest BCUT2D eigenvalue weighted by Gasteiger charge is 2.37. The molecule has 25 heavy (non-hydrogen) atoms. The van der Waals surface area contributed by atoms with Gasteiger partial charge < -0.3 is 14.2 Å². The standard InChI is InChI=1S/C18H25NO6/c1-6-23-15(20)13(2)19(17(22)25-18(3,4)5)16(21)24-12-14-10-8-7-9-11-14/h7-11,13H,6,12H2,1-5H3/t13-/m1/s1. The lowest BCUT2D eigenvalue weighted by Crippen LogP contribution is -2.49. The number of carbonyl (C=O) groups is 3. The highest BCUT2D eigenvalue weighted by molar-refractivity contribution is 5.93. The summed E-state index contributed by atoms with van der Waals surface area (Å²) in [4.78, 5) is 37.3. The molecule has 1 aromatic rings. The van der Waals surface area contributed by atoms with Gasteiger partial charge in [-0.25, -0.2) is 14.4 Å². The lowest BCUT2D eigenvalue weighted by atomic mass is 10.2. The molecule has 0 radical (unpaired) electrons. The van der Waals surface area contributed by atoms with E-state index in [-0.39, 0.29) is 13.2 Å². The molecule has 0 spiro atoms. The molecule has 0 aliphatic rings. The summed E-state index contributed by atoms with van der Waals surface area (Å²) in [5.74, 6) is -0.718. The molecule has 1 rings (SSSR count). The van der Waals surface area contributed by atoms with Gasteiger partial charge in [0, 0.05) is 0 Å². The van der Waals surface area contributed by atoms with Crippen LogP contribution in [0.5, 0.6) is 0 Å². The Balaban J connectivity index is 2.89. The van der Waals surface area contributed by atoms with Gasteiger partial charge in [-0.15, -0.1) is 0 Å². The molecular formula is C18H25NO6. The Labute approximate surface area is 147 Å². The molecular weight excluding hydrogens is 326 g/mol. The van der Waals surface area contributed by atoms with Gasteiger partial charge in [-0.1, -0.05) is 30.3 Å². The lowest BCUT2D eigenvalue weighted by Gasteiger charge is -2.28. The number of amides is 2. The number of imide groups is 1. The second-order valence-corrected chi connectivity index (χ2v) is 6.32. The topological polar surface area (TPSA) is 82.1 Å². The van der Waals surface area contributed by atoms with Crippen molar-refractivity contribution in [3.8, 4) is 0 Å². The quantitative estimate of drug-likeness (QED) is 0.596. The molecule has 7 heteroatoms. The minimum absolute atomic E-state index is 0.0332. The fourth-order valence-corrected chi connectivity index (χ4v) is 1.86. The summed E-state index contributed by atoms with van der Waals surface area (Å²) in [5.41, 5.74) is -0.0764. The van der Waals surface area contributed by atoms with E-state index < -0.39 is 29.8 Å². The normalized spacial score (nSPS) is 12.0. The van der Waals surface area contributed by atoms with Crippen LogP contribution in [-0.2, 0) is 25.6 Å². The van der Waals surface area contributed by atoms with E-state index in [2.05, 4.69) is 0 Å². The first-order valence-corrected chi connectivity index (χ1v) is 8.05. The van der Waals surface area contributed by atoms with Crippen molar-refractivity contribution in [3.05, 3.63) is 35.9 Å². The van der Waals surface area contributed by atoms with Crippen LogP contribution < -0.4 is 0 Å². The third kappa shape index (κ3) is 6.82. The summed E-state index contributed by atoms with van der Waals surface area (Å²) >= 11 is 0. The van der Waals surface area contributed by atoms with Crippen molar-refractivity contribution in [2.45, 2.75) is 52.9 Å². The number of nitrogens with zero attached hydrogens (tertiary/aromatic N) is 1. The molecule has 1 atom stereocenters. The second kappa shape index (κ2) is 9.05. The van der Waals surface area contributed by atoms with Crippen molar-refractivity contribution >= 4 is 18.2 Å². The molecule has 0 fully saturated rings. The van der Waals surface area contributed by atoms with Gasteiger partial charge in [0.05, 0.1) is 6.61 Å². The summed E-state index contributed by atoms with van der Waals surface area (Å²) in [5, 5.41) is 0. The minimum atomic E-state index is -1.17.